The average molecular weight is 196 g/mol. The lowest BCUT2D eigenvalue weighted by molar-refractivity contribution is 0.0772. The van der Waals surface area contributed by atoms with Crippen molar-refractivity contribution in [1.82, 2.24) is 15.2 Å². The van der Waals surface area contributed by atoms with Gasteiger partial charge in [0.1, 0.15) is 0 Å². The molecule has 76 valence electrons. The third kappa shape index (κ3) is 1.90. The van der Waals surface area contributed by atoms with Crippen molar-refractivity contribution in [2.45, 2.75) is 6.92 Å². The Bertz CT molecular complexity index is 334. The number of aromatic nitrogens is 2. The molecule has 0 spiro atoms. The highest BCUT2D eigenvalue weighted by atomic mass is 16.6. The molecule has 0 radical (unpaired) electrons. The van der Waals surface area contributed by atoms with Gasteiger partial charge in [0.25, 0.3) is 5.91 Å². The molecule has 0 unspecified atom stereocenters. The molecule has 1 amide bonds. The van der Waals surface area contributed by atoms with E-state index in [-0.39, 0.29) is 17.4 Å². The predicted octanol–water partition coefficient (Wildman–Crippen LogP) is 0.300. The number of nitrogen functional groups attached to an aromatic ring is 1. The van der Waals surface area contributed by atoms with Gasteiger partial charge in [-0.2, -0.15) is 0 Å². The van der Waals surface area contributed by atoms with E-state index in [0.29, 0.717) is 13.1 Å². The van der Waals surface area contributed by atoms with Gasteiger partial charge in [0.15, 0.2) is 0 Å². The van der Waals surface area contributed by atoms with Crippen LogP contribution < -0.4 is 5.73 Å². The second kappa shape index (κ2) is 4.40. The summed E-state index contributed by atoms with van der Waals surface area (Å²) in [6.45, 7) is 6.40. The number of carbonyl (C=O) groups excluding carboxylic acids is 1. The molecule has 14 heavy (non-hydrogen) atoms. The van der Waals surface area contributed by atoms with Crippen LogP contribution in [-0.2, 0) is 0 Å². The van der Waals surface area contributed by atoms with Crippen molar-refractivity contribution in [3.05, 3.63) is 18.3 Å². The maximum Gasteiger partial charge on any atom is 0.280 e. The van der Waals surface area contributed by atoms with Crippen LogP contribution in [0.3, 0.4) is 0 Å². The van der Waals surface area contributed by atoms with Gasteiger partial charge in [-0.1, -0.05) is 6.08 Å². The topological polar surface area (TPSA) is 85.2 Å². The molecule has 0 saturated carbocycles. The molecular formula is C8H12N4O2. The normalized spacial score (nSPS) is 9.79. The lowest BCUT2D eigenvalue weighted by Crippen LogP contribution is -2.31. The van der Waals surface area contributed by atoms with Crippen molar-refractivity contribution in [2.75, 3.05) is 18.8 Å². The molecule has 0 aliphatic rings. The van der Waals surface area contributed by atoms with Crippen molar-refractivity contribution in [2.24, 2.45) is 0 Å². The molecule has 0 saturated heterocycles. The highest BCUT2D eigenvalue weighted by Gasteiger charge is 2.20. The van der Waals surface area contributed by atoms with E-state index < -0.39 is 0 Å². The number of amides is 1. The van der Waals surface area contributed by atoms with E-state index in [1.165, 1.54) is 4.90 Å². The van der Waals surface area contributed by atoms with E-state index in [9.17, 15) is 4.79 Å². The fourth-order valence-corrected chi connectivity index (χ4v) is 1.01. The van der Waals surface area contributed by atoms with Crippen LogP contribution in [0.5, 0.6) is 0 Å². The molecular weight excluding hydrogens is 184 g/mol. The van der Waals surface area contributed by atoms with Crippen LogP contribution in [0.2, 0.25) is 0 Å². The first-order valence-electron chi connectivity index (χ1n) is 4.18. The van der Waals surface area contributed by atoms with Crippen LogP contribution >= 0.6 is 0 Å². The minimum Gasteiger partial charge on any atom is -0.379 e. The van der Waals surface area contributed by atoms with Crippen LogP contribution in [-0.4, -0.2) is 34.2 Å². The number of carbonyl (C=O) groups is 1. The Labute approximate surface area is 81.3 Å². The highest BCUT2D eigenvalue weighted by molar-refractivity contribution is 5.96. The van der Waals surface area contributed by atoms with Gasteiger partial charge < -0.3 is 10.6 Å². The third-order valence-electron chi connectivity index (χ3n) is 1.73. The predicted molar refractivity (Wildman–Crippen MR) is 50.5 cm³/mol. The van der Waals surface area contributed by atoms with Gasteiger partial charge >= 0.3 is 0 Å². The minimum absolute atomic E-state index is 0.0116. The van der Waals surface area contributed by atoms with Crippen molar-refractivity contribution < 1.29 is 9.42 Å². The van der Waals surface area contributed by atoms with Gasteiger partial charge in [-0.05, 0) is 17.2 Å². The molecule has 1 aromatic rings. The molecule has 1 heterocycles. The van der Waals surface area contributed by atoms with Crippen molar-refractivity contribution in [1.29, 1.82) is 0 Å². The van der Waals surface area contributed by atoms with Gasteiger partial charge in [0.2, 0.25) is 11.5 Å². The second-order valence-corrected chi connectivity index (χ2v) is 2.63. The van der Waals surface area contributed by atoms with E-state index in [1.807, 2.05) is 6.92 Å². The number of rotatable bonds is 4. The number of nitrogens with zero attached hydrogens (tertiary/aromatic N) is 3. The van der Waals surface area contributed by atoms with E-state index in [4.69, 9.17) is 5.73 Å². The monoisotopic (exact) mass is 196 g/mol. The van der Waals surface area contributed by atoms with Crippen molar-refractivity contribution in [3.63, 3.8) is 0 Å². The Morgan fingerprint density at radius 1 is 1.71 bits per heavy atom. The van der Waals surface area contributed by atoms with E-state index in [1.54, 1.807) is 6.08 Å². The van der Waals surface area contributed by atoms with Gasteiger partial charge in [-0.3, -0.25) is 4.79 Å². The first-order chi connectivity index (χ1) is 6.70. The molecule has 1 aromatic heterocycles. The molecule has 1 rings (SSSR count). The van der Waals surface area contributed by atoms with Gasteiger partial charge in [-0.25, -0.2) is 4.63 Å². The Morgan fingerprint density at radius 3 is 2.86 bits per heavy atom. The molecule has 0 bridgehead atoms. The molecule has 6 heteroatoms. The summed E-state index contributed by atoms with van der Waals surface area (Å²) in [5.41, 5.74) is 5.44. The molecule has 0 fully saturated rings. The number of likely N-dealkylation sites (N-methyl/N-ethyl adjacent to an activating group) is 1. The lowest BCUT2D eigenvalue weighted by Gasteiger charge is -2.16. The number of nitrogens with two attached hydrogens (primary N) is 1. The van der Waals surface area contributed by atoms with Crippen LogP contribution in [0.1, 0.15) is 17.4 Å². The summed E-state index contributed by atoms with van der Waals surface area (Å²) in [6.07, 6.45) is 1.63. The summed E-state index contributed by atoms with van der Waals surface area (Å²) in [5, 5.41) is 6.76. The number of anilines is 1. The molecule has 0 atom stereocenters. The molecule has 6 nitrogen and oxygen atoms in total. The summed E-state index contributed by atoms with van der Waals surface area (Å²) in [6, 6.07) is 0. The zero-order chi connectivity index (χ0) is 10.6. The van der Waals surface area contributed by atoms with Crippen LogP contribution in [0.25, 0.3) is 0 Å². The number of hydrogen-bond donors (Lipinski definition) is 1. The largest absolute Gasteiger partial charge is 0.379 e. The first kappa shape index (κ1) is 10.2. The fourth-order valence-electron chi connectivity index (χ4n) is 1.01. The van der Waals surface area contributed by atoms with E-state index in [2.05, 4.69) is 21.5 Å². The molecule has 0 aromatic carbocycles. The SMILES string of the molecule is C=CCN(CC)C(=O)c1nonc1N. The molecule has 0 aliphatic heterocycles. The summed E-state index contributed by atoms with van der Waals surface area (Å²) in [7, 11) is 0. The van der Waals surface area contributed by atoms with Crippen LogP contribution in [0, 0.1) is 0 Å². The summed E-state index contributed by atoms with van der Waals surface area (Å²) in [5.74, 6) is -0.288. The quantitative estimate of drug-likeness (QED) is 0.700. The zero-order valence-corrected chi connectivity index (χ0v) is 7.93. The third-order valence-corrected chi connectivity index (χ3v) is 1.73. The standard InChI is InChI=1S/C8H12N4O2/c1-3-5-12(4-2)8(13)6-7(9)11-14-10-6/h3H,1,4-5H2,2H3,(H2,9,11). The summed E-state index contributed by atoms with van der Waals surface area (Å²) in [4.78, 5) is 13.2. The van der Waals surface area contributed by atoms with Crippen LogP contribution in [0.4, 0.5) is 5.82 Å². The zero-order valence-electron chi connectivity index (χ0n) is 7.93. The van der Waals surface area contributed by atoms with Crippen LogP contribution in [0.15, 0.2) is 17.3 Å². The highest BCUT2D eigenvalue weighted by Crippen LogP contribution is 2.08. The van der Waals surface area contributed by atoms with Crippen molar-refractivity contribution >= 4 is 11.7 Å². The van der Waals surface area contributed by atoms with Gasteiger partial charge in [0, 0.05) is 13.1 Å². The fraction of sp³-hybridized carbons (Fsp3) is 0.375. The van der Waals surface area contributed by atoms with Gasteiger partial charge in [0.05, 0.1) is 0 Å². The first-order valence-corrected chi connectivity index (χ1v) is 4.18. The molecule has 0 aliphatic carbocycles. The smallest absolute Gasteiger partial charge is 0.280 e. The Morgan fingerprint density at radius 2 is 2.43 bits per heavy atom. The Kier molecular flexibility index (Phi) is 3.22. The molecule has 2 N–H and O–H groups in total. The van der Waals surface area contributed by atoms with E-state index in [0.717, 1.165) is 0 Å². The summed E-state index contributed by atoms with van der Waals surface area (Å²) >= 11 is 0. The summed E-state index contributed by atoms with van der Waals surface area (Å²) < 4.78 is 4.34. The Hall–Kier alpha value is -1.85. The minimum atomic E-state index is -0.300. The van der Waals surface area contributed by atoms with Gasteiger partial charge in [-0.15, -0.1) is 6.58 Å². The second-order valence-electron chi connectivity index (χ2n) is 2.63. The lowest BCUT2D eigenvalue weighted by atomic mass is 10.3. The average Bonchev–Trinajstić information content (AvgIpc) is 2.59. The maximum atomic E-state index is 11.7. The Balaban J connectivity index is 2.82. The maximum absolute atomic E-state index is 11.7. The van der Waals surface area contributed by atoms with E-state index >= 15 is 0 Å². The van der Waals surface area contributed by atoms with Crippen molar-refractivity contribution in [3.8, 4) is 0 Å². The number of hydrogen-bond acceptors (Lipinski definition) is 5.